The molecule has 0 saturated heterocycles. The molecule has 3 nitrogen and oxygen atoms in total. The van der Waals surface area contributed by atoms with E-state index in [-0.39, 0.29) is 0 Å². The van der Waals surface area contributed by atoms with Gasteiger partial charge in [-0.3, -0.25) is 0 Å². The largest absolute Gasteiger partial charge is 0.346 e. The minimum absolute atomic E-state index is 0.623. The third-order valence-corrected chi connectivity index (χ3v) is 3.24. The molecule has 0 amide bonds. The highest BCUT2D eigenvalue weighted by molar-refractivity contribution is 6.14. The lowest BCUT2D eigenvalue weighted by atomic mass is 10.1. The minimum atomic E-state index is 0.623. The van der Waals surface area contributed by atoms with Crippen molar-refractivity contribution in [1.82, 2.24) is 4.57 Å². The van der Waals surface area contributed by atoms with Gasteiger partial charge in [0.1, 0.15) is 0 Å². The molecule has 0 radical (unpaired) electrons. The van der Waals surface area contributed by atoms with Gasteiger partial charge in [0.2, 0.25) is 0 Å². The third kappa shape index (κ3) is 1.22. The average molecular weight is 231 g/mol. The molecule has 0 aliphatic carbocycles. The Bertz CT molecular complexity index is 857. The summed E-state index contributed by atoms with van der Waals surface area (Å²) >= 11 is 0. The average Bonchev–Trinajstić information content (AvgIpc) is 2.72. The Labute approximate surface area is 105 Å². The topological polar surface area (TPSA) is 13.7 Å². The number of nitrogens with zero attached hydrogens (tertiary/aromatic N) is 3. The van der Waals surface area contributed by atoms with Crippen LogP contribution in [-0.2, 0) is 7.05 Å². The van der Waals surface area contributed by atoms with Crippen molar-refractivity contribution in [2.24, 2.45) is 7.05 Å². The third-order valence-electron chi connectivity index (χ3n) is 3.24. The van der Waals surface area contributed by atoms with Crippen LogP contribution in [0.5, 0.6) is 0 Å². The van der Waals surface area contributed by atoms with Gasteiger partial charge in [0.05, 0.1) is 13.1 Å². The van der Waals surface area contributed by atoms with Gasteiger partial charge in [0.25, 0.3) is 0 Å². The van der Waals surface area contributed by atoms with Crippen LogP contribution < -0.4 is 0 Å². The Kier molecular flexibility index (Phi) is 2.08. The summed E-state index contributed by atoms with van der Waals surface area (Å²) in [5, 5.41) is 2.01. The molecule has 0 N–H and O–H groups in total. The molecule has 84 valence electrons. The summed E-state index contributed by atoms with van der Waals surface area (Å²) in [4.78, 5) is 7.03. The first-order valence-corrected chi connectivity index (χ1v) is 5.52. The van der Waals surface area contributed by atoms with Crippen LogP contribution in [0.4, 0.5) is 11.4 Å². The van der Waals surface area contributed by atoms with Crippen molar-refractivity contribution in [3.8, 4) is 0 Å². The monoisotopic (exact) mass is 231 g/mol. The Morgan fingerprint density at radius 2 is 1.83 bits per heavy atom. The predicted molar refractivity (Wildman–Crippen MR) is 72.9 cm³/mol. The fourth-order valence-corrected chi connectivity index (χ4v) is 2.39. The number of rotatable bonds is 0. The van der Waals surface area contributed by atoms with E-state index in [9.17, 15) is 0 Å². The molecule has 2 aromatic carbocycles. The molecule has 0 spiro atoms. The number of fused-ring (bicyclic) bond motifs is 3. The van der Waals surface area contributed by atoms with Gasteiger partial charge in [-0.15, -0.1) is 0 Å². The first kappa shape index (κ1) is 10.4. The second kappa shape index (κ2) is 3.61. The first-order chi connectivity index (χ1) is 8.76. The van der Waals surface area contributed by atoms with Crippen molar-refractivity contribution in [3.63, 3.8) is 0 Å². The molecule has 3 aromatic rings. The molecule has 3 heteroatoms. The van der Waals surface area contributed by atoms with Gasteiger partial charge in [0, 0.05) is 23.5 Å². The number of benzene rings is 2. The van der Waals surface area contributed by atoms with E-state index in [0.717, 1.165) is 21.8 Å². The molecule has 0 aliphatic heterocycles. The molecule has 0 unspecified atom stereocenters. The quantitative estimate of drug-likeness (QED) is 0.508. The van der Waals surface area contributed by atoms with E-state index in [2.05, 4.69) is 9.69 Å². The maximum Gasteiger partial charge on any atom is 0.197 e. The lowest BCUT2D eigenvalue weighted by Crippen LogP contribution is -1.85. The standard InChI is InChI=1S/C15H9N3/c1-16-10-7-8-11-14(9-10)18(3)13-6-4-5-12(17-2)15(11)13/h4-9H,3H3. The number of hydrogen-bond donors (Lipinski definition) is 0. The highest BCUT2D eigenvalue weighted by Gasteiger charge is 2.11. The minimum Gasteiger partial charge on any atom is -0.346 e. The van der Waals surface area contributed by atoms with Crippen LogP contribution in [0.3, 0.4) is 0 Å². The Hall–Kier alpha value is -2.78. The van der Waals surface area contributed by atoms with Crippen molar-refractivity contribution in [2.75, 3.05) is 0 Å². The van der Waals surface area contributed by atoms with Gasteiger partial charge >= 0.3 is 0 Å². The van der Waals surface area contributed by atoms with Crippen LogP contribution >= 0.6 is 0 Å². The molecule has 1 aromatic heterocycles. The van der Waals surface area contributed by atoms with Crippen LogP contribution in [-0.4, -0.2) is 4.57 Å². The molecular weight excluding hydrogens is 222 g/mol. The summed E-state index contributed by atoms with van der Waals surface area (Å²) in [7, 11) is 1.96. The lowest BCUT2D eigenvalue weighted by molar-refractivity contribution is 1.01. The highest BCUT2D eigenvalue weighted by Crippen LogP contribution is 2.36. The molecular formula is C15H9N3. The van der Waals surface area contributed by atoms with Crippen molar-refractivity contribution in [2.45, 2.75) is 0 Å². The maximum atomic E-state index is 7.26. The Morgan fingerprint density at radius 1 is 1.00 bits per heavy atom. The van der Waals surface area contributed by atoms with E-state index in [4.69, 9.17) is 13.1 Å². The summed E-state index contributed by atoms with van der Waals surface area (Å²) in [5.41, 5.74) is 3.31. The van der Waals surface area contributed by atoms with Crippen molar-refractivity contribution in [1.29, 1.82) is 0 Å². The molecule has 0 fully saturated rings. The van der Waals surface area contributed by atoms with Gasteiger partial charge < -0.3 is 4.57 Å². The molecule has 18 heavy (non-hydrogen) atoms. The zero-order valence-corrected chi connectivity index (χ0v) is 9.81. The van der Waals surface area contributed by atoms with Crippen LogP contribution in [0.2, 0.25) is 0 Å². The summed E-state index contributed by atoms with van der Waals surface area (Å²) < 4.78 is 2.04. The summed E-state index contributed by atoms with van der Waals surface area (Å²) in [6, 6.07) is 11.3. The van der Waals surface area contributed by atoms with E-state index >= 15 is 0 Å². The fourth-order valence-electron chi connectivity index (χ4n) is 2.39. The second-order valence-electron chi connectivity index (χ2n) is 4.16. The van der Waals surface area contributed by atoms with E-state index in [1.54, 1.807) is 6.07 Å². The van der Waals surface area contributed by atoms with Crippen molar-refractivity contribution in [3.05, 3.63) is 59.2 Å². The van der Waals surface area contributed by atoms with Crippen LogP contribution in [0, 0.1) is 13.1 Å². The summed E-state index contributed by atoms with van der Waals surface area (Å²) in [6.07, 6.45) is 0. The first-order valence-electron chi connectivity index (χ1n) is 5.52. The second-order valence-corrected chi connectivity index (χ2v) is 4.16. The van der Waals surface area contributed by atoms with Crippen LogP contribution in [0.15, 0.2) is 36.4 Å². The number of aryl methyl sites for hydroxylation is 1. The molecule has 0 aliphatic rings. The van der Waals surface area contributed by atoms with E-state index in [1.165, 1.54) is 0 Å². The molecule has 0 atom stereocenters. The van der Waals surface area contributed by atoms with Gasteiger partial charge in [-0.25, -0.2) is 9.69 Å². The van der Waals surface area contributed by atoms with Crippen LogP contribution in [0.25, 0.3) is 31.5 Å². The SMILES string of the molecule is [C-]#[N+]c1ccc2c3c([N+]#[C-])cccc3n(C)c2c1. The summed E-state index contributed by atoms with van der Waals surface area (Å²) in [6.45, 7) is 14.3. The van der Waals surface area contributed by atoms with E-state index in [1.807, 2.05) is 41.9 Å². The van der Waals surface area contributed by atoms with Crippen molar-refractivity contribution >= 4 is 33.2 Å². The Morgan fingerprint density at radius 3 is 2.56 bits per heavy atom. The predicted octanol–water partition coefficient (Wildman–Crippen LogP) is 4.43. The van der Waals surface area contributed by atoms with E-state index < -0.39 is 0 Å². The fraction of sp³-hybridized carbons (Fsp3) is 0.0667. The molecule has 3 rings (SSSR count). The zero-order valence-electron chi connectivity index (χ0n) is 9.81. The number of aromatic nitrogens is 1. The molecule has 1 heterocycles. The lowest BCUT2D eigenvalue weighted by Gasteiger charge is -1.97. The number of hydrogen-bond acceptors (Lipinski definition) is 0. The molecule has 0 bridgehead atoms. The van der Waals surface area contributed by atoms with E-state index in [0.29, 0.717) is 11.4 Å². The van der Waals surface area contributed by atoms with Gasteiger partial charge in [-0.1, -0.05) is 24.3 Å². The zero-order chi connectivity index (χ0) is 12.7. The van der Waals surface area contributed by atoms with Crippen LogP contribution in [0.1, 0.15) is 0 Å². The van der Waals surface area contributed by atoms with Gasteiger partial charge in [-0.05, 0) is 17.5 Å². The summed E-state index contributed by atoms with van der Waals surface area (Å²) in [5.74, 6) is 0. The normalized spacial score (nSPS) is 10.4. The van der Waals surface area contributed by atoms with Crippen molar-refractivity contribution < 1.29 is 0 Å². The highest BCUT2D eigenvalue weighted by atomic mass is 14.9. The maximum absolute atomic E-state index is 7.26. The molecule has 0 saturated carbocycles. The van der Waals surface area contributed by atoms with Gasteiger partial charge in [0.15, 0.2) is 11.4 Å². The smallest absolute Gasteiger partial charge is 0.197 e. The Balaban J connectivity index is 2.60. The van der Waals surface area contributed by atoms with Gasteiger partial charge in [-0.2, -0.15) is 0 Å².